The minimum atomic E-state index is 0.167. The number of carbonyl (C=O) groups excluding carboxylic acids is 1. The van der Waals surface area contributed by atoms with Crippen molar-refractivity contribution < 1.29 is 9.53 Å². The molecule has 0 aromatic heterocycles. The van der Waals surface area contributed by atoms with Gasteiger partial charge in [0.05, 0.1) is 7.11 Å². The first-order valence-corrected chi connectivity index (χ1v) is 8.64. The van der Waals surface area contributed by atoms with Crippen molar-refractivity contribution in [2.45, 2.75) is 31.7 Å². The molecule has 1 aliphatic carbocycles. The van der Waals surface area contributed by atoms with E-state index in [1.54, 1.807) is 7.11 Å². The van der Waals surface area contributed by atoms with Crippen molar-refractivity contribution >= 4 is 5.91 Å². The summed E-state index contributed by atoms with van der Waals surface area (Å²) in [7, 11) is 5.93. The maximum absolute atomic E-state index is 12.9. The fourth-order valence-corrected chi connectivity index (χ4v) is 3.96. The van der Waals surface area contributed by atoms with E-state index in [1.807, 2.05) is 12.1 Å². The van der Waals surface area contributed by atoms with Gasteiger partial charge in [0.25, 0.3) is 0 Å². The van der Waals surface area contributed by atoms with Crippen LogP contribution in [0.4, 0.5) is 0 Å². The Hall–Kier alpha value is -1.55. The van der Waals surface area contributed by atoms with Gasteiger partial charge in [-0.3, -0.25) is 4.79 Å². The van der Waals surface area contributed by atoms with E-state index >= 15 is 0 Å². The van der Waals surface area contributed by atoms with Crippen LogP contribution in [-0.4, -0.2) is 56.0 Å². The summed E-state index contributed by atoms with van der Waals surface area (Å²) in [5.41, 5.74) is 1.23. The van der Waals surface area contributed by atoms with Gasteiger partial charge in [-0.05, 0) is 50.0 Å². The van der Waals surface area contributed by atoms with Crippen LogP contribution >= 0.6 is 0 Å². The maximum Gasteiger partial charge on any atom is 0.226 e. The Morgan fingerprint density at radius 3 is 2.74 bits per heavy atom. The van der Waals surface area contributed by atoms with Crippen LogP contribution in [0.5, 0.6) is 5.75 Å². The maximum atomic E-state index is 12.9. The average molecular weight is 316 g/mol. The highest BCUT2D eigenvalue weighted by Crippen LogP contribution is 2.49. The Labute approximate surface area is 139 Å². The van der Waals surface area contributed by atoms with Crippen LogP contribution in [0.2, 0.25) is 0 Å². The molecule has 1 saturated carbocycles. The van der Waals surface area contributed by atoms with Gasteiger partial charge < -0.3 is 14.5 Å². The highest BCUT2D eigenvalue weighted by molar-refractivity contribution is 5.83. The lowest BCUT2D eigenvalue weighted by Crippen LogP contribution is -2.36. The zero-order valence-electron chi connectivity index (χ0n) is 14.7. The molecule has 0 spiro atoms. The minimum Gasteiger partial charge on any atom is -0.497 e. The number of rotatable bonds is 5. The smallest absolute Gasteiger partial charge is 0.226 e. The van der Waals surface area contributed by atoms with Crippen LogP contribution in [0.15, 0.2) is 24.3 Å². The second-order valence-electron chi connectivity index (χ2n) is 7.17. The van der Waals surface area contributed by atoms with E-state index in [0.717, 1.165) is 31.7 Å². The molecule has 1 aromatic rings. The monoisotopic (exact) mass is 316 g/mol. The van der Waals surface area contributed by atoms with E-state index in [4.69, 9.17) is 4.74 Å². The summed E-state index contributed by atoms with van der Waals surface area (Å²) in [6.45, 7) is 4.02. The number of amides is 1. The third kappa shape index (κ3) is 3.23. The SMILES string of the molecule is CC[C@@H]1CN(C(=O)[C@@H]2C[C@@H]2c2cccc(OC)c2)C[C@H]1N(C)C. The Kier molecular flexibility index (Phi) is 4.62. The van der Waals surface area contributed by atoms with Crippen LogP contribution in [0.1, 0.15) is 31.2 Å². The Morgan fingerprint density at radius 2 is 2.13 bits per heavy atom. The molecule has 1 amide bonds. The van der Waals surface area contributed by atoms with Crippen molar-refractivity contribution in [1.82, 2.24) is 9.80 Å². The predicted molar refractivity (Wildman–Crippen MR) is 91.7 cm³/mol. The highest BCUT2D eigenvalue weighted by Gasteiger charge is 2.48. The van der Waals surface area contributed by atoms with Gasteiger partial charge in [-0.1, -0.05) is 25.5 Å². The number of likely N-dealkylation sites (N-methyl/N-ethyl adjacent to an activating group) is 1. The zero-order valence-corrected chi connectivity index (χ0v) is 14.7. The number of methoxy groups -OCH3 is 1. The summed E-state index contributed by atoms with van der Waals surface area (Å²) in [5, 5.41) is 0. The topological polar surface area (TPSA) is 32.8 Å². The second kappa shape index (κ2) is 6.52. The quantitative estimate of drug-likeness (QED) is 0.837. The molecule has 1 aromatic carbocycles. The lowest BCUT2D eigenvalue weighted by molar-refractivity contribution is -0.131. The molecule has 1 heterocycles. The predicted octanol–water partition coefficient (Wildman–Crippen LogP) is 2.60. The highest BCUT2D eigenvalue weighted by atomic mass is 16.5. The molecule has 1 aliphatic heterocycles. The standard InChI is InChI=1S/C19H28N2O2/c1-5-13-11-21(12-18(13)20(2)3)19(22)17-10-16(17)14-7-6-8-15(9-14)23-4/h6-9,13,16-18H,5,10-12H2,1-4H3/t13-,16-,17-,18-/m1/s1. The van der Waals surface area contributed by atoms with E-state index in [2.05, 4.69) is 43.0 Å². The molecule has 4 heteroatoms. The number of hydrogen-bond acceptors (Lipinski definition) is 3. The van der Waals surface area contributed by atoms with Crippen LogP contribution in [0.25, 0.3) is 0 Å². The van der Waals surface area contributed by atoms with Crippen LogP contribution in [-0.2, 0) is 4.79 Å². The van der Waals surface area contributed by atoms with Gasteiger partial charge in [0.1, 0.15) is 5.75 Å². The summed E-state index contributed by atoms with van der Waals surface area (Å²) in [6, 6.07) is 8.65. The molecule has 4 nitrogen and oxygen atoms in total. The van der Waals surface area contributed by atoms with Crippen LogP contribution < -0.4 is 4.74 Å². The van der Waals surface area contributed by atoms with E-state index in [0.29, 0.717) is 23.8 Å². The first-order chi connectivity index (χ1) is 11.0. The number of nitrogens with zero attached hydrogens (tertiary/aromatic N) is 2. The largest absolute Gasteiger partial charge is 0.497 e. The van der Waals surface area contributed by atoms with Crippen LogP contribution in [0.3, 0.4) is 0 Å². The van der Waals surface area contributed by atoms with Crippen molar-refractivity contribution in [1.29, 1.82) is 0 Å². The molecule has 0 N–H and O–H groups in total. The van der Waals surface area contributed by atoms with Gasteiger partial charge in [0.15, 0.2) is 0 Å². The van der Waals surface area contributed by atoms with E-state index in [-0.39, 0.29) is 5.92 Å². The summed E-state index contributed by atoms with van der Waals surface area (Å²) in [4.78, 5) is 17.2. The van der Waals surface area contributed by atoms with Gasteiger partial charge >= 0.3 is 0 Å². The zero-order chi connectivity index (χ0) is 16.6. The third-order valence-electron chi connectivity index (χ3n) is 5.54. The molecule has 126 valence electrons. The lowest BCUT2D eigenvalue weighted by atomic mass is 10.0. The minimum absolute atomic E-state index is 0.167. The average Bonchev–Trinajstić information content (AvgIpc) is 3.24. The fraction of sp³-hybridized carbons (Fsp3) is 0.632. The first-order valence-electron chi connectivity index (χ1n) is 8.64. The number of benzene rings is 1. The fourth-order valence-electron chi connectivity index (χ4n) is 3.96. The number of likely N-dealkylation sites (tertiary alicyclic amines) is 1. The van der Waals surface area contributed by atoms with Gasteiger partial charge in [-0.25, -0.2) is 0 Å². The second-order valence-corrected chi connectivity index (χ2v) is 7.17. The van der Waals surface area contributed by atoms with Gasteiger partial charge in [0.2, 0.25) is 5.91 Å². The summed E-state index contributed by atoms with van der Waals surface area (Å²) in [6.07, 6.45) is 2.11. The Bertz CT molecular complexity index is 572. The molecule has 2 fully saturated rings. The third-order valence-corrected chi connectivity index (χ3v) is 5.54. The molecule has 1 saturated heterocycles. The lowest BCUT2D eigenvalue weighted by Gasteiger charge is -2.23. The molecular formula is C19H28N2O2. The Morgan fingerprint density at radius 1 is 1.35 bits per heavy atom. The van der Waals surface area contributed by atoms with Gasteiger partial charge in [-0.2, -0.15) is 0 Å². The molecular weight excluding hydrogens is 288 g/mol. The normalized spacial score (nSPS) is 29.9. The van der Waals surface area contributed by atoms with Crippen molar-refractivity contribution in [3.8, 4) is 5.75 Å². The van der Waals surface area contributed by atoms with Gasteiger partial charge in [0, 0.05) is 25.0 Å². The molecule has 0 radical (unpaired) electrons. The molecule has 0 bridgehead atoms. The van der Waals surface area contributed by atoms with Crippen molar-refractivity contribution in [3.63, 3.8) is 0 Å². The number of carbonyl (C=O) groups is 1. The number of ether oxygens (including phenoxy) is 1. The van der Waals surface area contributed by atoms with Gasteiger partial charge in [-0.15, -0.1) is 0 Å². The summed E-state index contributed by atoms with van der Waals surface area (Å²) in [5.74, 6) is 2.36. The van der Waals surface area contributed by atoms with E-state index < -0.39 is 0 Å². The van der Waals surface area contributed by atoms with Crippen molar-refractivity contribution in [2.75, 3.05) is 34.3 Å². The molecule has 0 unspecified atom stereocenters. The van der Waals surface area contributed by atoms with E-state index in [1.165, 1.54) is 5.56 Å². The number of hydrogen-bond donors (Lipinski definition) is 0. The molecule has 3 rings (SSSR count). The van der Waals surface area contributed by atoms with E-state index in [9.17, 15) is 4.79 Å². The van der Waals surface area contributed by atoms with Crippen molar-refractivity contribution in [2.24, 2.45) is 11.8 Å². The molecule has 23 heavy (non-hydrogen) atoms. The molecule has 4 atom stereocenters. The van der Waals surface area contributed by atoms with Crippen LogP contribution in [0, 0.1) is 11.8 Å². The van der Waals surface area contributed by atoms with Crippen molar-refractivity contribution in [3.05, 3.63) is 29.8 Å². The Balaban J connectivity index is 1.64. The summed E-state index contributed by atoms with van der Waals surface area (Å²) >= 11 is 0. The molecule has 2 aliphatic rings. The first kappa shape index (κ1) is 16.3. The summed E-state index contributed by atoms with van der Waals surface area (Å²) < 4.78 is 5.30.